The zero-order valence-corrected chi connectivity index (χ0v) is 17.3. The summed E-state index contributed by atoms with van der Waals surface area (Å²) in [4.78, 5) is 27.4. The lowest BCUT2D eigenvalue weighted by atomic mass is 9.99. The molecule has 0 spiro atoms. The molecule has 5 nitrogen and oxygen atoms in total. The second-order valence-corrected chi connectivity index (χ2v) is 7.82. The largest absolute Gasteiger partial charge is 0.507 e. The monoisotopic (exact) mass is 421 g/mol. The van der Waals surface area contributed by atoms with Crippen molar-refractivity contribution >= 4 is 29.1 Å². The highest BCUT2D eigenvalue weighted by Gasteiger charge is 2.47. The van der Waals surface area contributed by atoms with Crippen LogP contribution in [-0.4, -0.2) is 21.7 Å². The number of halogens is 1. The topological polar surface area (TPSA) is 70.8 Å². The Bertz CT molecular complexity index is 1150. The van der Waals surface area contributed by atoms with Crippen molar-refractivity contribution in [1.82, 2.24) is 4.90 Å². The Morgan fingerprint density at radius 1 is 1.10 bits per heavy atom. The normalized spacial score (nSPS) is 18.2. The number of aliphatic hydroxyl groups excluding tert-OH is 1. The third-order valence-corrected chi connectivity index (χ3v) is 5.57. The van der Waals surface area contributed by atoms with Gasteiger partial charge in [-0.15, -0.1) is 0 Å². The molecule has 0 aliphatic carbocycles. The van der Waals surface area contributed by atoms with Gasteiger partial charge in [-0.25, -0.2) is 0 Å². The molecule has 1 N–H and O–H groups in total. The number of Topliss-reactive ketones (excluding diaryl/α,β-unsaturated/α-hetero) is 1. The summed E-state index contributed by atoms with van der Waals surface area (Å²) in [5.41, 5.74) is 3.41. The van der Waals surface area contributed by atoms with Crippen LogP contribution in [0.5, 0.6) is 0 Å². The van der Waals surface area contributed by atoms with E-state index in [1.54, 1.807) is 36.4 Å². The average molecular weight is 422 g/mol. The molecule has 1 atom stereocenters. The van der Waals surface area contributed by atoms with Crippen LogP contribution >= 0.6 is 11.6 Å². The van der Waals surface area contributed by atoms with Gasteiger partial charge in [0.25, 0.3) is 11.7 Å². The summed E-state index contributed by atoms with van der Waals surface area (Å²) >= 11 is 5.94. The predicted octanol–water partition coefficient (Wildman–Crippen LogP) is 5.17. The molecule has 4 rings (SSSR count). The molecule has 152 valence electrons. The smallest absolute Gasteiger partial charge is 0.296 e. The molecule has 3 aromatic rings. The second-order valence-electron chi connectivity index (χ2n) is 7.38. The third kappa shape index (κ3) is 3.53. The summed E-state index contributed by atoms with van der Waals surface area (Å²) in [6.45, 7) is 4.16. The summed E-state index contributed by atoms with van der Waals surface area (Å²) in [6.07, 6.45) is 1.48. The number of furan rings is 1. The summed E-state index contributed by atoms with van der Waals surface area (Å²) < 4.78 is 5.56. The van der Waals surface area contributed by atoms with Gasteiger partial charge < -0.3 is 14.4 Å². The molecule has 1 fully saturated rings. The number of ketones is 1. The number of aryl methyl sites for hydroxylation is 2. The van der Waals surface area contributed by atoms with Crippen molar-refractivity contribution < 1.29 is 19.1 Å². The lowest BCUT2D eigenvalue weighted by Crippen LogP contribution is -2.29. The van der Waals surface area contributed by atoms with Crippen LogP contribution in [0.2, 0.25) is 5.02 Å². The summed E-state index contributed by atoms with van der Waals surface area (Å²) in [5.74, 6) is -1.26. The first kappa shape index (κ1) is 20.0. The van der Waals surface area contributed by atoms with Crippen LogP contribution in [-0.2, 0) is 16.1 Å². The fourth-order valence-corrected chi connectivity index (χ4v) is 3.83. The van der Waals surface area contributed by atoms with Crippen molar-refractivity contribution in [2.45, 2.75) is 26.4 Å². The highest BCUT2D eigenvalue weighted by molar-refractivity contribution is 6.46. The van der Waals surface area contributed by atoms with Gasteiger partial charge in [0.15, 0.2) is 0 Å². The van der Waals surface area contributed by atoms with Gasteiger partial charge in [-0.3, -0.25) is 9.59 Å². The lowest BCUT2D eigenvalue weighted by Gasteiger charge is -2.24. The van der Waals surface area contributed by atoms with Gasteiger partial charge in [0.2, 0.25) is 0 Å². The first-order chi connectivity index (χ1) is 14.4. The van der Waals surface area contributed by atoms with Gasteiger partial charge in [-0.2, -0.15) is 0 Å². The van der Waals surface area contributed by atoms with Crippen LogP contribution < -0.4 is 0 Å². The summed E-state index contributed by atoms with van der Waals surface area (Å²) in [5, 5.41) is 11.5. The van der Waals surface area contributed by atoms with E-state index < -0.39 is 17.7 Å². The number of likely N-dealkylation sites (tertiary alicyclic amines) is 1. The molecular weight excluding hydrogens is 402 g/mol. The van der Waals surface area contributed by atoms with Crippen molar-refractivity contribution in [1.29, 1.82) is 0 Å². The van der Waals surface area contributed by atoms with Gasteiger partial charge in [-0.1, -0.05) is 35.4 Å². The minimum Gasteiger partial charge on any atom is -0.507 e. The highest BCUT2D eigenvalue weighted by Crippen LogP contribution is 2.40. The van der Waals surface area contributed by atoms with Gasteiger partial charge in [0.05, 0.1) is 11.8 Å². The standard InChI is InChI=1S/C24H20ClNO4/c1-14-5-6-15(2)17(12-14)13-26-21(19-4-3-11-30-19)20(23(28)24(26)29)22(27)16-7-9-18(25)10-8-16/h3-12,21,27H,13H2,1-2H3/b22-20-. The first-order valence-corrected chi connectivity index (χ1v) is 9.88. The van der Waals surface area contributed by atoms with E-state index in [2.05, 4.69) is 0 Å². The Hall–Kier alpha value is -3.31. The molecule has 1 saturated heterocycles. The van der Waals surface area contributed by atoms with E-state index in [9.17, 15) is 14.7 Å². The van der Waals surface area contributed by atoms with Crippen LogP contribution in [0.25, 0.3) is 5.76 Å². The Morgan fingerprint density at radius 2 is 1.83 bits per heavy atom. The third-order valence-electron chi connectivity index (χ3n) is 5.32. The van der Waals surface area contributed by atoms with E-state index in [-0.39, 0.29) is 17.9 Å². The fraction of sp³-hybridized carbons (Fsp3) is 0.167. The van der Waals surface area contributed by atoms with Crippen LogP contribution in [0.4, 0.5) is 0 Å². The van der Waals surface area contributed by atoms with E-state index in [0.717, 1.165) is 16.7 Å². The van der Waals surface area contributed by atoms with Gasteiger partial charge >= 0.3 is 0 Å². The molecule has 1 unspecified atom stereocenters. The number of rotatable bonds is 4. The van der Waals surface area contributed by atoms with Crippen molar-refractivity contribution in [2.24, 2.45) is 0 Å². The van der Waals surface area contributed by atoms with Gasteiger partial charge in [0.1, 0.15) is 17.6 Å². The number of aliphatic hydroxyl groups is 1. The number of amides is 1. The molecule has 2 aromatic carbocycles. The van der Waals surface area contributed by atoms with Crippen molar-refractivity contribution in [2.75, 3.05) is 0 Å². The number of hydrogen-bond donors (Lipinski definition) is 1. The summed E-state index contributed by atoms with van der Waals surface area (Å²) in [7, 11) is 0. The van der Waals surface area contributed by atoms with Gasteiger partial charge in [-0.05, 0) is 61.4 Å². The molecule has 1 amide bonds. The van der Waals surface area contributed by atoms with E-state index in [1.807, 2.05) is 32.0 Å². The second kappa shape index (κ2) is 7.84. The molecule has 1 aliphatic rings. The zero-order chi connectivity index (χ0) is 21.4. The maximum Gasteiger partial charge on any atom is 0.296 e. The van der Waals surface area contributed by atoms with Gasteiger partial charge in [0, 0.05) is 17.1 Å². The minimum atomic E-state index is -0.824. The molecule has 1 aliphatic heterocycles. The van der Waals surface area contributed by atoms with E-state index in [4.69, 9.17) is 16.0 Å². The highest BCUT2D eigenvalue weighted by atomic mass is 35.5. The Morgan fingerprint density at radius 3 is 2.50 bits per heavy atom. The molecule has 2 heterocycles. The Kier molecular flexibility index (Phi) is 5.22. The Labute approximate surface area is 179 Å². The number of carbonyl (C=O) groups is 2. The Balaban J connectivity index is 1.84. The minimum absolute atomic E-state index is 0.00239. The van der Waals surface area contributed by atoms with Crippen LogP contribution in [0, 0.1) is 13.8 Å². The van der Waals surface area contributed by atoms with Crippen molar-refractivity contribution in [3.63, 3.8) is 0 Å². The quantitative estimate of drug-likeness (QED) is 0.358. The van der Waals surface area contributed by atoms with Crippen molar-refractivity contribution in [3.8, 4) is 0 Å². The molecule has 0 saturated carbocycles. The van der Waals surface area contributed by atoms with Crippen LogP contribution in [0.3, 0.4) is 0 Å². The molecule has 1 aromatic heterocycles. The van der Waals surface area contributed by atoms with Crippen molar-refractivity contribution in [3.05, 3.63) is 99.5 Å². The maximum absolute atomic E-state index is 13.0. The lowest BCUT2D eigenvalue weighted by molar-refractivity contribution is -0.140. The van der Waals surface area contributed by atoms with E-state index in [1.165, 1.54) is 11.2 Å². The number of benzene rings is 2. The molecule has 0 bridgehead atoms. The fourth-order valence-electron chi connectivity index (χ4n) is 3.70. The van der Waals surface area contributed by atoms with Crippen LogP contribution in [0.15, 0.2) is 70.9 Å². The average Bonchev–Trinajstić information content (AvgIpc) is 3.33. The predicted molar refractivity (Wildman–Crippen MR) is 114 cm³/mol. The molecular formula is C24H20ClNO4. The maximum atomic E-state index is 13.0. The van der Waals surface area contributed by atoms with E-state index in [0.29, 0.717) is 16.3 Å². The molecule has 30 heavy (non-hydrogen) atoms. The number of carbonyl (C=O) groups excluding carboxylic acids is 2. The molecule has 0 radical (unpaired) electrons. The molecule has 6 heteroatoms. The zero-order valence-electron chi connectivity index (χ0n) is 16.6. The summed E-state index contributed by atoms with van der Waals surface area (Å²) in [6, 6.07) is 15.0. The van der Waals surface area contributed by atoms with Crippen LogP contribution in [0.1, 0.15) is 34.1 Å². The number of hydrogen-bond acceptors (Lipinski definition) is 4. The van der Waals surface area contributed by atoms with E-state index >= 15 is 0 Å². The SMILES string of the molecule is Cc1ccc(C)c(CN2C(=O)C(=O)/C(=C(\O)c3ccc(Cl)cc3)C2c2ccco2)c1. The first-order valence-electron chi connectivity index (χ1n) is 9.50. The number of nitrogens with zero attached hydrogens (tertiary/aromatic N) is 1.